The van der Waals surface area contributed by atoms with E-state index < -0.39 is 0 Å². The van der Waals surface area contributed by atoms with Crippen LogP contribution in [0.2, 0.25) is 0 Å². The number of allylic oxidation sites excluding steroid dienone is 1. The minimum absolute atomic E-state index is 0.0172. The Morgan fingerprint density at radius 3 is 2.40 bits per heavy atom. The molecule has 3 heteroatoms. The predicted molar refractivity (Wildman–Crippen MR) is 81.8 cm³/mol. The van der Waals surface area contributed by atoms with Crippen LogP contribution >= 0.6 is 0 Å². The number of rotatable bonds is 4. The minimum atomic E-state index is 0.0172. The van der Waals surface area contributed by atoms with Gasteiger partial charge in [-0.2, -0.15) is 5.10 Å². The molecule has 104 valence electrons. The summed E-state index contributed by atoms with van der Waals surface area (Å²) in [5.41, 5.74) is 3.98. The van der Waals surface area contributed by atoms with E-state index in [1.54, 1.807) is 17.0 Å². The van der Waals surface area contributed by atoms with Crippen molar-refractivity contribution >= 4 is 11.9 Å². The molecule has 0 aliphatic rings. The molecule has 0 aliphatic heterocycles. The van der Waals surface area contributed by atoms with Crippen LogP contribution in [0.4, 0.5) is 0 Å². The van der Waals surface area contributed by atoms with Gasteiger partial charge in [-0.1, -0.05) is 38.1 Å². The second-order valence-electron chi connectivity index (χ2n) is 5.28. The fourth-order valence-electron chi connectivity index (χ4n) is 1.97. The molecule has 3 nitrogen and oxygen atoms in total. The van der Waals surface area contributed by atoms with Gasteiger partial charge in [-0.25, -0.2) is 0 Å². The SMILES string of the molecule is Cc1c(C=CC(=O)c2ccc(C(C)C)cc2)cnn1C. The molecule has 1 aromatic carbocycles. The average Bonchev–Trinajstić information content (AvgIpc) is 2.76. The highest BCUT2D eigenvalue weighted by atomic mass is 16.1. The highest BCUT2D eigenvalue weighted by Crippen LogP contribution is 2.15. The van der Waals surface area contributed by atoms with E-state index in [0.717, 1.165) is 11.3 Å². The van der Waals surface area contributed by atoms with Crippen LogP contribution in [0.25, 0.3) is 6.08 Å². The van der Waals surface area contributed by atoms with Crippen LogP contribution < -0.4 is 0 Å². The third-order valence-corrected chi connectivity index (χ3v) is 3.55. The number of aryl methyl sites for hydroxylation is 1. The summed E-state index contributed by atoms with van der Waals surface area (Å²) in [4.78, 5) is 12.1. The van der Waals surface area contributed by atoms with E-state index in [4.69, 9.17) is 0 Å². The summed E-state index contributed by atoms with van der Waals surface area (Å²) in [6.07, 6.45) is 5.19. The van der Waals surface area contributed by atoms with Crippen molar-refractivity contribution in [2.45, 2.75) is 26.7 Å². The maximum atomic E-state index is 12.1. The zero-order valence-corrected chi connectivity index (χ0v) is 12.4. The Kier molecular flexibility index (Phi) is 4.18. The fraction of sp³-hybridized carbons (Fsp3) is 0.294. The van der Waals surface area contributed by atoms with Crippen LogP contribution in [-0.2, 0) is 7.05 Å². The van der Waals surface area contributed by atoms with Gasteiger partial charge >= 0.3 is 0 Å². The number of hydrogen-bond donors (Lipinski definition) is 0. The van der Waals surface area contributed by atoms with Gasteiger partial charge in [0.05, 0.1) is 6.20 Å². The topological polar surface area (TPSA) is 34.9 Å². The summed E-state index contributed by atoms with van der Waals surface area (Å²) in [7, 11) is 1.89. The Bertz CT molecular complexity index is 634. The first-order valence-corrected chi connectivity index (χ1v) is 6.80. The summed E-state index contributed by atoms with van der Waals surface area (Å²) < 4.78 is 1.79. The molecule has 0 N–H and O–H groups in total. The van der Waals surface area contributed by atoms with Gasteiger partial charge in [0.2, 0.25) is 0 Å². The maximum absolute atomic E-state index is 12.1. The first-order chi connectivity index (χ1) is 9.49. The first-order valence-electron chi connectivity index (χ1n) is 6.80. The van der Waals surface area contributed by atoms with Gasteiger partial charge in [-0.15, -0.1) is 0 Å². The van der Waals surface area contributed by atoms with Gasteiger partial charge in [0.15, 0.2) is 5.78 Å². The Hall–Kier alpha value is -2.16. The first kappa shape index (κ1) is 14.3. The van der Waals surface area contributed by atoms with Crippen molar-refractivity contribution in [3.8, 4) is 0 Å². The highest BCUT2D eigenvalue weighted by molar-refractivity contribution is 6.06. The van der Waals surface area contributed by atoms with E-state index in [-0.39, 0.29) is 5.78 Å². The number of carbonyl (C=O) groups excluding carboxylic acids is 1. The molecular weight excluding hydrogens is 248 g/mol. The molecule has 2 aromatic rings. The lowest BCUT2D eigenvalue weighted by Gasteiger charge is -2.05. The number of nitrogens with zero attached hydrogens (tertiary/aromatic N) is 2. The van der Waals surface area contributed by atoms with Crippen molar-refractivity contribution in [1.29, 1.82) is 0 Å². The van der Waals surface area contributed by atoms with Gasteiger partial charge in [0, 0.05) is 23.9 Å². The van der Waals surface area contributed by atoms with Crippen molar-refractivity contribution in [2.24, 2.45) is 7.05 Å². The Morgan fingerprint density at radius 1 is 1.25 bits per heavy atom. The van der Waals surface area contributed by atoms with Crippen molar-refractivity contribution in [1.82, 2.24) is 9.78 Å². The molecule has 0 bridgehead atoms. The lowest BCUT2D eigenvalue weighted by molar-refractivity contribution is 0.104. The number of hydrogen-bond acceptors (Lipinski definition) is 2. The summed E-state index contributed by atoms with van der Waals surface area (Å²) in [5, 5.41) is 4.15. The van der Waals surface area contributed by atoms with E-state index in [2.05, 4.69) is 18.9 Å². The Balaban J connectivity index is 2.14. The standard InChI is InChI=1S/C17H20N2O/c1-12(2)14-5-7-15(8-6-14)17(20)10-9-16-11-18-19(4)13(16)3/h5-12H,1-4H3. The average molecular weight is 268 g/mol. The zero-order valence-electron chi connectivity index (χ0n) is 12.4. The molecule has 2 rings (SSSR count). The van der Waals surface area contributed by atoms with Crippen LogP contribution in [0.15, 0.2) is 36.5 Å². The summed E-state index contributed by atoms with van der Waals surface area (Å²) in [5.74, 6) is 0.497. The molecule has 20 heavy (non-hydrogen) atoms. The smallest absolute Gasteiger partial charge is 0.185 e. The van der Waals surface area contributed by atoms with Crippen molar-refractivity contribution in [3.63, 3.8) is 0 Å². The second kappa shape index (κ2) is 5.87. The molecule has 1 heterocycles. The van der Waals surface area contributed by atoms with Gasteiger partial charge in [-0.05, 0) is 30.6 Å². The van der Waals surface area contributed by atoms with Crippen LogP contribution in [0.5, 0.6) is 0 Å². The molecule has 0 atom stereocenters. The number of aromatic nitrogens is 2. The number of carbonyl (C=O) groups is 1. The molecule has 0 saturated carbocycles. The number of benzene rings is 1. The van der Waals surface area contributed by atoms with Crippen LogP contribution in [0, 0.1) is 6.92 Å². The quantitative estimate of drug-likeness (QED) is 0.625. The van der Waals surface area contributed by atoms with E-state index >= 15 is 0 Å². The van der Waals surface area contributed by atoms with Crippen LogP contribution in [-0.4, -0.2) is 15.6 Å². The molecule has 0 fully saturated rings. The summed E-state index contributed by atoms with van der Waals surface area (Å²) in [6, 6.07) is 7.80. The molecule has 1 aromatic heterocycles. The summed E-state index contributed by atoms with van der Waals surface area (Å²) in [6.45, 7) is 6.26. The van der Waals surface area contributed by atoms with Gasteiger partial charge in [0.1, 0.15) is 0 Å². The molecule has 0 radical (unpaired) electrons. The molecule has 0 aliphatic carbocycles. The molecule has 0 unspecified atom stereocenters. The number of ketones is 1. The second-order valence-corrected chi connectivity index (χ2v) is 5.28. The monoisotopic (exact) mass is 268 g/mol. The van der Waals surface area contributed by atoms with E-state index in [1.165, 1.54) is 5.56 Å². The Morgan fingerprint density at radius 2 is 1.90 bits per heavy atom. The van der Waals surface area contributed by atoms with Crippen molar-refractivity contribution < 1.29 is 4.79 Å². The lowest BCUT2D eigenvalue weighted by Crippen LogP contribution is -1.96. The van der Waals surface area contributed by atoms with Gasteiger partial charge < -0.3 is 0 Å². The van der Waals surface area contributed by atoms with E-state index in [1.807, 2.05) is 44.3 Å². The zero-order chi connectivity index (χ0) is 14.7. The fourth-order valence-corrected chi connectivity index (χ4v) is 1.97. The van der Waals surface area contributed by atoms with Crippen molar-refractivity contribution in [2.75, 3.05) is 0 Å². The third kappa shape index (κ3) is 3.05. The van der Waals surface area contributed by atoms with E-state index in [0.29, 0.717) is 11.5 Å². The largest absolute Gasteiger partial charge is 0.289 e. The third-order valence-electron chi connectivity index (χ3n) is 3.55. The van der Waals surface area contributed by atoms with Gasteiger partial charge in [-0.3, -0.25) is 9.48 Å². The van der Waals surface area contributed by atoms with Gasteiger partial charge in [0.25, 0.3) is 0 Å². The lowest BCUT2D eigenvalue weighted by atomic mass is 10.0. The maximum Gasteiger partial charge on any atom is 0.185 e. The van der Waals surface area contributed by atoms with Crippen LogP contribution in [0.1, 0.15) is 46.9 Å². The van der Waals surface area contributed by atoms with E-state index in [9.17, 15) is 4.79 Å². The molecular formula is C17H20N2O. The Labute approximate surface area is 119 Å². The molecule has 0 spiro atoms. The predicted octanol–water partition coefficient (Wildman–Crippen LogP) is 3.75. The van der Waals surface area contributed by atoms with Crippen molar-refractivity contribution in [3.05, 3.63) is 58.9 Å². The molecule has 0 saturated heterocycles. The normalized spacial score (nSPS) is 11.4. The molecule has 0 amide bonds. The van der Waals surface area contributed by atoms with Crippen LogP contribution in [0.3, 0.4) is 0 Å². The minimum Gasteiger partial charge on any atom is -0.289 e. The highest BCUT2D eigenvalue weighted by Gasteiger charge is 2.05. The summed E-state index contributed by atoms with van der Waals surface area (Å²) >= 11 is 0.